The number of nitrogens with zero attached hydrogens (tertiary/aromatic N) is 1. The lowest BCUT2D eigenvalue weighted by Gasteiger charge is -2.08. The highest BCUT2D eigenvalue weighted by molar-refractivity contribution is 5.82. The fourth-order valence-electron chi connectivity index (χ4n) is 2.15. The fraction of sp³-hybridized carbons (Fsp3) is 0.300. The molecule has 1 N–H and O–H groups in total. The summed E-state index contributed by atoms with van der Waals surface area (Å²) >= 11 is 0. The van der Waals surface area contributed by atoms with Gasteiger partial charge < -0.3 is 4.74 Å². The standard InChI is InChI=1S/C20H24N2O2/c1-4-16-5-7-17(8-6-16)13-21-22-20(23)14-24-19-11-9-18(10-12-19)15(2)3/h5-13,15H,4,14H2,1-3H3,(H,22,23)/b21-13+. The molecule has 0 aliphatic rings. The molecule has 4 heteroatoms. The van der Waals surface area contributed by atoms with Crippen LogP contribution >= 0.6 is 0 Å². The molecule has 0 bridgehead atoms. The maximum absolute atomic E-state index is 11.7. The molecule has 2 aromatic rings. The van der Waals surface area contributed by atoms with Crippen LogP contribution in [-0.4, -0.2) is 18.7 Å². The Balaban J connectivity index is 1.77. The average Bonchev–Trinajstić information content (AvgIpc) is 2.61. The van der Waals surface area contributed by atoms with Crippen molar-refractivity contribution in [1.82, 2.24) is 5.43 Å². The predicted octanol–water partition coefficient (Wildman–Crippen LogP) is 3.90. The zero-order valence-electron chi connectivity index (χ0n) is 14.5. The lowest BCUT2D eigenvalue weighted by molar-refractivity contribution is -0.123. The smallest absolute Gasteiger partial charge is 0.277 e. The van der Waals surface area contributed by atoms with Crippen molar-refractivity contribution in [2.75, 3.05) is 6.61 Å². The summed E-state index contributed by atoms with van der Waals surface area (Å²) in [5.74, 6) is 0.862. The first-order valence-corrected chi connectivity index (χ1v) is 8.22. The number of aryl methyl sites for hydroxylation is 1. The first-order chi connectivity index (χ1) is 11.6. The molecule has 0 unspecified atom stereocenters. The number of nitrogens with one attached hydrogen (secondary N) is 1. The van der Waals surface area contributed by atoms with E-state index in [2.05, 4.69) is 31.3 Å². The number of ether oxygens (including phenoxy) is 1. The highest BCUT2D eigenvalue weighted by atomic mass is 16.5. The number of rotatable bonds is 7. The molecule has 0 saturated carbocycles. The lowest BCUT2D eigenvalue weighted by Crippen LogP contribution is -2.24. The van der Waals surface area contributed by atoms with Crippen molar-refractivity contribution < 1.29 is 9.53 Å². The van der Waals surface area contributed by atoms with E-state index in [1.54, 1.807) is 6.21 Å². The van der Waals surface area contributed by atoms with Gasteiger partial charge in [-0.1, -0.05) is 57.2 Å². The van der Waals surface area contributed by atoms with Crippen LogP contribution in [0.2, 0.25) is 0 Å². The van der Waals surface area contributed by atoms with E-state index in [9.17, 15) is 4.79 Å². The van der Waals surface area contributed by atoms with Gasteiger partial charge in [0, 0.05) is 0 Å². The Hall–Kier alpha value is -2.62. The average molecular weight is 324 g/mol. The Kier molecular flexibility index (Phi) is 6.55. The van der Waals surface area contributed by atoms with Crippen LogP contribution in [0.1, 0.15) is 43.4 Å². The number of carbonyl (C=O) groups excluding carboxylic acids is 1. The van der Waals surface area contributed by atoms with Gasteiger partial charge in [-0.25, -0.2) is 5.43 Å². The van der Waals surface area contributed by atoms with Crippen LogP contribution in [-0.2, 0) is 11.2 Å². The van der Waals surface area contributed by atoms with E-state index in [0.29, 0.717) is 11.7 Å². The first kappa shape index (κ1) is 17.7. The summed E-state index contributed by atoms with van der Waals surface area (Å²) in [5.41, 5.74) is 5.92. The molecule has 0 aromatic heterocycles. The van der Waals surface area contributed by atoms with Gasteiger partial charge in [-0.15, -0.1) is 0 Å². The molecule has 126 valence electrons. The minimum atomic E-state index is -0.288. The molecule has 0 saturated heterocycles. The van der Waals surface area contributed by atoms with Gasteiger partial charge in [0.1, 0.15) is 5.75 Å². The van der Waals surface area contributed by atoms with Crippen molar-refractivity contribution in [2.24, 2.45) is 5.10 Å². The SMILES string of the molecule is CCc1ccc(/C=N/NC(=O)COc2ccc(C(C)C)cc2)cc1. The second-order valence-electron chi connectivity index (χ2n) is 5.90. The molecule has 2 aromatic carbocycles. The van der Waals surface area contributed by atoms with Gasteiger partial charge in [0.2, 0.25) is 0 Å². The number of benzene rings is 2. The molecule has 4 nitrogen and oxygen atoms in total. The van der Waals surface area contributed by atoms with Gasteiger partial charge in [0.25, 0.3) is 5.91 Å². The normalized spacial score (nSPS) is 11.0. The topological polar surface area (TPSA) is 50.7 Å². The molecule has 24 heavy (non-hydrogen) atoms. The van der Waals surface area contributed by atoms with Gasteiger partial charge in [-0.3, -0.25) is 4.79 Å². The molecular weight excluding hydrogens is 300 g/mol. The highest BCUT2D eigenvalue weighted by Crippen LogP contribution is 2.18. The van der Waals surface area contributed by atoms with E-state index in [1.807, 2.05) is 48.5 Å². The van der Waals surface area contributed by atoms with Crippen LogP contribution in [0.3, 0.4) is 0 Å². The van der Waals surface area contributed by atoms with E-state index in [1.165, 1.54) is 11.1 Å². The fourth-order valence-corrected chi connectivity index (χ4v) is 2.15. The summed E-state index contributed by atoms with van der Waals surface area (Å²) in [6.45, 7) is 6.32. The molecule has 0 aliphatic carbocycles. The predicted molar refractivity (Wildman–Crippen MR) is 97.6 cm³/mol. The molecule has 0 heterocycles. The summed E-state index contributed by atoms with van der Waals surface area (Å²) in [5, 5.41) is 3.94. The van der Waals surface area contributed by atoms with E-state index in [4.69, 9.17) is 4.74 Å². The van der Waals surface area contributed by atoms with Gasteiger partial charge in [-0.2, -0.15) is 5.10 Å². The largest absolute Gasteiger partial charge is 0.484 e. The van der Waals surface area contributed by atoms with E-state index in [0.717, 1.165) is 12.0 Å². The number of hydrogen-bond acceptors (Lipinski definition) is 3. The summed E-state index contributed by atoms with van der Waals surface area (Å²) < 4.78 is 5.45. The summed E-state index contributed by atoms with van der Waals surface area (Å²) in [4.78, 5) is 11.7. The van der Waals surface area contributed by atoms with Gasteiger partial charge in [0.15, 0.2) is 6.61 Å². The molecule has 0 radical (unpaired) electrons. The third-order valence-corrected chi connectivity index (χ3v) is 3.71. The number of carbonyl (C=O) groups is 1. The van der Waals surface area contributed by atoms with Crippen molar-refractivity contribution >= 4 is 12.1 Å². The molecular formula is C20H24N2O2. The van der Waals surface area contributed by atoms with E-state index >= 15 is 0 Å². The second-order valence-corrected chi connectivity index (χ2v) is 5.90. The van der Waals surface area contributed by atoms with Gasteiger partial charge >= 0.3 is 0 Å². The van der Waals surface area contributed by atoms with Crippen molar-refractivity contribution in [3.05, 3.63) is 65.2 Å². The molecule has 0 spiro atoms. The van der Waals surface area contributed by atoms with E-state index < -0.39 is 0 Å². The Morgan fingerprint density at radius 3 is 2.38 bits per heavy atom. The molecule has 0 atom stereocenters. The van der Waals surface area contributed by atoms with Crippen LogP contribution in [0.4, 0.5) is 0 Å². The Bertz CT molecular complexity index is 674. The second kappa shape index (κ2) is 8.87. The zero-order valence-corrected chi connectivity index (χ0v) is 14.5. The summed E-state index contributed by atoms with van der Waals surface area (Å²) in [6, 6.07) is 15.8. The first-order valence-electron chi connectivity index (χ1n) is 8.22. The molecule has 0 aliphatic heterocycles. The number of hydrogen-bond donors (Lipinski definition) is 1. The summed E-state index contributed by atoms with van der Waals surface area (Å²) in [7, 11) is 0. The maximum atomic E-state index is 11.7. The minimum Gasteiger partial charge on any atom is -0.484 e. The van der Waals surface area contributed by atoms with Crippen molar-refractivity contribution in [2.45, 2.75) is 33.1 Å². The Morgan fingerprint density at radius 1 is 1.12 bits per heavy atom. The monoisotopic (exact) mass is 324 g/mol. The summed E-state index contributed by atoms with van der Waals surface area (Å²) in [6.07, 6.45) is 2.62. The van der Waals surface area contributed by atoms with Crippen molar-refractivity contribution in [3.8, 4) is 5.75 Å². The van der Waals surface area contributed by atoms with Crippen LogP contribution in [0, 0.1) is 0 Å². The maximum Gasteiger partial charge on any atom is 0.277 e. The van der Waals surface area contributed by atoms with Crippen LogP contribution in [0.15, 0.2) is 53.6 Å². The van der Waals surface area contributed by atoms with Crippen LogP contribution in [0.25, 0.3) is 0 Å². The van der Waals surface area contributed by atoms with Gasteiger partial charge in [-0.05, 0) is 41.2 Å². The highest BCUT2D eigenvalue weighted by Gasteiger charge is 2.03. The molecule has 2 rings (SSSR count). The zero-order chi connectivity index (χ0) is 17.4. The number of amides is 1. The third kappa shape index (κ3) is 5.54. The number of hydrazone groups is 1. The van der Waals surface area contributed by atoms with Crippen molar-refractivity contribution in [3.63, 3.8) is 0 Å². The quantitative estimate of drug-likeness (QED) is 0.620. The third-order valence-electron chi connectivity index (χ3n) is 3.71. The van der Waals surface area contributed by atoms with Crippen LogP contribution in [0.5, 0.6) is 5.75 Å². The lowest BCUT2D eigenvalue weighted by atomic mass is 10.0. The Labute approximate surface area is 143 Å². The van der Waals surface area contributed by atoms with E-state index in [-0.39, 0.29) is 12.5 Å². The van der Waals surface area contributed by atoms with Gasteiger partial charge in [0.05, 0.1) is 6.21 Å². The van der Waals surface area contributed by atoms with Crippen LogP contribution < -0.4 is 10.2 Å². The molecule has 0 fully saturated rings. The van der Waals surface area contributed by atoms with Crippen molar-refractivity contribution in [1.29, 1.82) is 0 Å². The Morgan fingerprint density at radius 2 is 1.79 bits per heavy atom. The minimum absolute atomic E-state index is 0.0624. The molecule has 1 amide bonds.